The van der Waals surface area contributed by atoms with Crippen molar-refractivity contribution < 1.29 is 0 Å². The highest BCUT2D eigenvalue weighted by atomic mass is 79.9. The molecule has 0 spiro atoms. The van der Waals surface area contributed by atoms with Crippen molar-refractivity contribution in [2.75, 3.05) is 6.67 Å². The average molecular weight is 201 g/mol. The van der Waals surface area contributed by atoms with Crippen molar-refractivity contribution in [3.05, 3.63) is 0 Å². The van der Waals surface area contributed by atoms with Gasteiger partial charge in [-0.05, 0) is 0 Å². The van der Waals surface area contributed by atoms with Crippen LogP contribution in [-0.2, 0) is 0 Å². The zero-order valence-corrected chi connectivity index (χ0v) is 6.42. The van der Waals surface area contributed by atoms with Gasteiger partial charge in [-0.25, -0.2) is 4.99 Å². The van der Waals surface area contributed by atoms with Crippen LogP contribution in [0, 0.1) is 0 Å². The van der Waals surface area contributed by atoms with Crippen LogP contribution in [0.1, 0.15) is 0 Å². The molecule has 0 atom stereocenters. The van der Waals surface area contributed by atoms with Crippen LogP contribution in [0.4, 0.5) is 0 Å². The van der Waals surface area contributed by atoms with E-state index in [-0.39, 0.29) is 0 Å². The second kappa shape index (κ2) is 2.35. The van der Waals surface area contributed by atoms with Gasteiger partial charge in [0.1, 0.15) is 6.67 Å². The molecule has 0 bridgehead atoms. The van der Waals surface area contributed by atoms with Gasteiger partial charge in [-0.15, -0.1) is 0 Å². The monoisotopic (exact) mass is 200 g/mol. The zero-order valence-electron chi connectivity index (χ0n) is 3.27. The molecule has 7 heavy (non-hydrogen) atoms. The molecular formula is C2H2BrClN2S. The molecule has 40 valence electrons. The lowest BCUT2D eigenvalue weighted by molar-refractivity contribution is 0.807. The number of aliphatic imine (C=N–C) groups is 1. The van der Waals surface area contributed by atoms with E-state index in [1.165, 1.54) is 11.9 Å². The third-order valence-electron chi connectivity index (χ3n) is 0.481. The Morgan fingerprint density at radius 1 is 2.00 bits per heavy atom. The molecule has 1 aliphatic heterocycles. The lowest BCUT2D eigenvalue weighted by atomic mass is 11.2. The van der Waals surface area contributed by atoms with Crippen LogP contribution >= 0.6 is 39.7 Å². The Balaban J connectivity index is 2.42. The Labute approximate surface area is 59.4 Å². The molecule has 0 aromatic heterocycles. The predicted molar refractivity (Wildman–Crippen MR) is 36.5 cm³/mol. The summed E-state index contributed by atoms with van der Waals surface area (Å²) in [5.74, 6) is 0. The van der Waals surface area contributed by atoms with Crippen molar-refractivity contribution in [3.8, 4) is 0 Å². The van der Waals surface area contributed by atoms with Crippen molar-refractivity contribution in [3.63, 3.8) is 0 Å². The van der Waals surface area contributed by atoms with E-state index < -0.39 is 0 Å². The van der Waals surface area contributed by atoms with E-state index in [1.54, 1.807) is 3.33 Å². The maximum absolute atomic E-state index is 5.45. The third kappa shape index (κ3) is 1.60. The maximum Gasteiger partial charge on any atom is 0.175 e. The summed E-state index contributed by atoms with van der Waals surface area (Å²) < 4.78 is 2.37. The average Bonchev–Trinajstić information content (AvgIpc) is 1.87. The first kappa shape index (κ1) is 5.88. The fourth-order valence-corrected chi connectivity index (χ4v) is 1.72. The summed E-state index contributed by atoms with van der Waals surface area (Å²) in [5.41, 5.74) is 0. The molecule has 0 radical (unpaired) electrons. The lowest BCUT2D eigenvalue weighted by Crippen LogP contribution is -1.91. The highest BCUT2D eigenvalue weighted by molar-refractivity contribution is 9.09. The van der Waals surface area contributed by atoms with Gasteiger partial charge < -0.3 is 0 Å². The van der Waals surface area contributed by atoms with Gasteiger partial charge in [0.15, 0.2) is 4.50 Å². The molecular weight excluding hydrogens is 199 g/mol. The number of hydrogen-bond donors (Lipinski definition) is 0. The third-order valence-corrected chi connectivity index (χ3v) is 2.06. The van der Waals surface area contributed by atoms with E-state index in [0.29, 0.717) is 11.2 Å². The fourth-order valence-electron chi connectivity index (χ4n) is 0.251. The van der Waals surface area contributed by atoms with E-state index in [2.05, 4.69) is 21.1 Å². The van der Waals surface area contributed by atoms with E-state index in [1.807, 2.05) is 0 Å². The Bertz CT molecular complexity index is 106. The summed E-state index contributed by atoms with van der Waals surface area (Å²) in [6.07, 6.45) is 0. The van der Waals surface area contributed by atoms with E-state index in [9.17, 15) is 0 Å². The van der Waals surface area contributed by atoms with Gasteiger partial charge >= 0.3 is 0 Å². The molecule has 0 saturated heterocycles. The van der Waals surface area contributed by atoms with Gasteiger partial charge in [-0.2, -0.15) is 3.33 Å². The van der Waals surface area contributed by atoms with E-state index in [4.69, 9.17) is 11.6 Å². The molecule has 0 aromatic rings. The zero-order chi connectivity index (χ0) is 5.28. The molecule has 0 aromatic carbocycles. The Hall–Kier alpha value is 0.750. The summed E-state index contributed by atoms with van der Waals surface area (Å²) in [5, 5.41) is 0. The van der Waals surface area contributed by atoms with Crippen molar-refractivity contribution in [2.24, 2.45) is 4.99 Å². The van der Waals surface area contributed by atoms with E-state index >= 15 is 0 Å². The van der Waals surface area contributed by atoms with Crippen LogP contribution in [0.25, 0.3) is 0 Å². The highest BCUT2D eigenvalue weighted by Crippen LogP contribution is 2.24. The number of halogens is 2. The second-order valence-electron chi connectivity index (χ2n) is 0.961. The molecule has 1 rings (SSSR count). The molecule has 1 aliphatic rings. The summed E-state index contributed by atoms with van der Waals surface area (Å²) in [6, 6.07) is 0. The minimum atomic E-state index is 0.594. The Kier molecular flexibility index (Phi) is 1.97. The standard InChI is InChI=1S/C2H2BrClN2S/c3-6-1-5-2(4)7-6/h1H2. The SMILES string of the molecule is ClC1=NCN(Br)S1. The van der Waals surface area contributed by atoms with Crippen LogP contribution in [0.15, 0.2) is 4.99 Å². The maximum atomic E-state index is 5.45. The van der Waals surface area contributed by atoms with Gasteiger partial charge in [-0.1, -0.05) is 11.6 Å². The van der Waals surface area contributed by atoms with Crippen LogP contribution in [-0.4, -0.2) is 14.5 Å². The normalized spacial score (nSPS) is 22.9. The van der Waals surface area contributed by atoms with Gasteiger partial charge in [0, 0.05) is 28.1 Å². The molecule has 2 nitrogen and oxygen atoms in total. The van der Waals surface area contributed by atoms with Gasteiger partial charge in [0.2, 0.25) is 0 Å². The van der Waals surface area contributed by atoms with Crippen LogP contribution < -0.4 is 0 Å². The van der Waals surface area contributed by atoms with Crippen molar-refractivity contribution in [2.45, 2.75) is 0 Å². The first-order valence-corrected chi connectivity index (χ1v) is 3.46. The van der Waals surface area contributed by atoms with Crippen molar-refractivity contribution in [1.29, 1.82) is 0 Å². The minimum Gasteiger partial charge on any atom is -0.248 e. The summed E-state index contributed by atoms with van der Waals surface area (Å²) in [4.78, 5) is 3.84. The first-order valence-electron chi connectivity index (χ1n) is 1.60. The van der Waals surface area contributed by atoms with Gasteiger partial charge in [0.25, 0.3) is 0 Å². The summed E-state index contributed by atoms with van der Waals surface area (Å²) in [7, 11) is 0. The quantitative estimate of drug-likeness (QED) is 0.439. The molecule has 1 heterocycles. The smallest absolute Gasteiger partial charge is 0.175 e. The fraction of sp³-hybridized carbons (Fsp3) is 0.500. The largest absolute Gasteiger partial charge is 0.248 e. The van der Waals surface area contributed by atoms with Crippen LogP contribution in [0.2, 0.25) is 0 Å². The number of rotatable bonds is 0. The number of hydrogen-bond acceptors (Lipinski definition) is 3. The molecule has 5 heteroatoms. The molecule has 0 aliphatic carbocycles. The first-order chi connectivity index (χ1) is 3.29. The minimum absolute atomic E-state index is 0.594. The molecule has 0 fully saturated rings. The predicted octanol–water partition coefficient (Wildman–Crippen LogP) is 1.81. The summed E-state index contributed by atoms with van der Waals surface area (Å²) in [6.45, 7) is 0.642. The van der Waals surface area contributed by atoms with Crippen molar-refractivity contribution in [1.82, 2.24) is 3.33 Å². The molecule has 0 N–H and O–H groups in total. The van der Waals surface area contributed by atoms with Gasteiger partial charge in [0.05, 0.1) is 0 Å². The number of nitrogens with zero attached hydrogens (tertiary/aromatic N) is 2. The van der Waals surface area contributed by atoms with Crippen LogP contribution in [0.3, 0.4) is 0 Å². The highest BCUT2D eigenvalue weighted by Gasteiger charge is 2.10. The Morgan fingerprint density at radius 3 is 2.86 bits per heavy atom. The Morgan fingerprint density at radius 2 is 2.71 bits per heavy atom. The van der Waals surface area contributed by atoms with Crippen molar-refractivity contribution >= 4 is 44.2 Å². The van der Waals surface area contributed by atoms with E-state index in [0.717, 1.165) is 0 Å². The van der Waals surface area contributed by atoms with Gasteiger partial charge in [-0.3, -0.25) is 0 Å². The summed E-state index contributed by atoms with van der Waals surface area (Å²) >= 11 is 10.0. The molecule has 0 unspecified atom stereocenters. The molecule has 0 saturated carbocycles. The molecule has 0 amide bonds. The lowest BCUT2D eigenvalue weighted by Gasteiger charge is -1.94. The topological polar surface area (TPSA) is 15.6 Å². The second-order valence-corrected chi connectivity index (χ2v) is 3.88. The van der Waals surface area contributed by atoms with Crippen LogP contribution in [0.5, 0.6) is 0 Å².